The number of aliphatic hydroxyl groups is 2. The number of nitrogens with zero attached hydrogens (tertiary/aromatic N) is 1. The van der Waals surface area contributed by atoms with Gasteiger partial charge in [0, 0.05) is 35.3 Å². The van der Waals surface area contributed by atoms with Crippen LogP contribution in [0.4, 0.5) is 0 Å². The molecule has 1 unspecified atom stereocenters. The molecule has 4 rings (SSSR count). The number of hydrogen-bond acceptors (Lipinski definition) is 4. The molecule has 0 radical (unpaired) electrons. The maximum absolute atomic E-state index is 10.1. The first-order valence-electron chi connectivity index (χ1n) is 10.3. The van der Waals surface area contributed by atoms with Gasteiger partial charge in [0.25, 0.3) is 0 Å². The van der Waals surface area contributed by atoms with Crippen LogP contribution in [0.5, 0.6) is 0 Å². The second-order valence-electron chi connectivity index (χ2n) is 7.92. The monoisotopic (exact) mass is 423 g/mol. The van der Waals surface area contributed by atoms with Crippen molar-refractivity contribution in [2.24, 2.45) is 0 Å². The minimum Gasteiger partial charge on any atom is -0.394 e. The van der Waals surface area contributed by atoms with Crippen LogP contribution in [0.15, 0.2) is 60.8 Å². The maximum Gasteiger partial charge on any atom is 0.0854 e. The van der Waals surface area contributed by atoms with Gasteiger partial charge in [-0.1, -0.05) is 54.1 Å². The quantitative estimate of drug-likeness (QED) is 0.614. The van der Waals surface area contributed by atoms with Crippen LogP contribution in [-0.4, -0.2) is 34.0 Å². The van der Waals surface area contributed by atoms with E-state index in [4.69, 9.17) is 16.3 Å². The van der Waals surface area contributed by atoms with Gasteiger partial charge in [-0.3, -0.25) is 4.98 Å². The third kappa shape index (κ3) is 4.73. The molecule has 156 valence electrons. The number of aryl methyl sites for hydroxylation is 1. The molecular formula is C25H26ClNO3. The van der Waals surface area contributed by atoms with E-state index in [1.807, 2.05) is 25.1 Å². The molecule has 0 spiro atoms. The zero-order chi connectivity index (χ0) is 21.1. The Bertz CT molecular complexity index is 1010. The summed E-state index contributed by atoms with van der Waals surface area (Å²) in [5.74, 6) is 0. The van der Waals surface area contributed by atoms with E-state index >= 15 is 0 Å². The van der Waals surface area contributed by atoms with E-state index in [0.717, 1.165) is 33.5 Å². The van der Waals surface area contributed by atoms with Crippen molar-refractivity contribution in [3.05, 3.63) is 88.2 Å². The molecule has 0 bridgehead atoms. The fourth-order valence-corrected chi connectivity index (χ4v) is 4.25. The Hall–Kier alpha value is -2.24. The van der Waals surface area contributed by atoms with Gasteiger partial charge in [-0.15, -0.1) is 0 Å². The molecule has 2 aromatic carbocycles. The third-order valence-electron chi connectivity index (χ3n) is 5.69. The van der Waals surface area contributed by atoms with E-state index in [1.165, 1.54) is 0 Å². The van der Waals surface area contributed by atoms with Gasteiger partial charge < -0.3 is 14.9 Å². The Morgan fingerprint density at radius 1 is 1.10 bits per heavy atom. The molecule has 3 aromatic rings. The Kier molecular flexibility index (Phi) is 6.49. The van der Waals surface area contributed by atoms with Crippen molar-refractivity contribution in [2.75, 3.05) is 6.61 Å². The van der Waals surface area contributed by atoms with E-state index in [-0.39, 0.29) is 18.8 Å². The summed E-state index contributed by atoms with van der Waals surface area (Å²) in [6, 6.07) is 18.4. The lowest BCUT2D eigenvalue weighted by molar-refractivity contribution is -0.113. The first kappa shape index (κ1) is 21.0. The largest absolute Gasteiger partial charge is 0.394 e. The zero-order valence-electron chi connectivity index (χ0n) is 17.0. The molecule has 1 fully saturated rings. The normalized spacial score (nSPS) is 21.5. The summed E-state index contributed by atoms with van der Waals surface area (Å²) in [4.78, 5) is 4.37. The van der Waals surface area contributed by atoms with Gasteiger partial charge in [0.1, 0.15) is 0 Å². The second kappa shape index (κ2) is 9.27. The highest BCUT2D eigenvalue weighted by Crippen LogP contribution is 2.34. The van der Waals surface area contributed by atoms with Crippen molar-refractivity contribution in [3.8, 4) is 11.1 Å². The molecule has 5 heteroatoms. The van der Waals surface area contributed by atoms with Crippen molar-refractivity contribution in [2.45, 2.75) is 44.5 Å². The van der Waals surface area contributed by atoms with Gasteiger partial charge in [-0.2, -0.15) is 0 Å². The van der Waals surface area contributed by atoms with Crippen LogP contribution < -0.4 is 0 Å². The highest BCUT2D eigenvalue weighted by Gasteiger charge is 2.29. The van der Waals surface area contributed by atoms with Crippen molar-refractivity contribution in [3.63, 3.8) is 0 Å². The Morgan fingerprint density at radius 3 is 2.63 bits per heavy atom. The number of ether oxygens (including phenoxy) is 1. The summed E-state index contributed by atoms with van der Waals surface area (Å²) in [6.45, 7) is 1.93. The lowest BCUT2D eigenvalue weighted by Crippen LogP contribution is -2.33. The first-order chi connectivity index (χ1) is 14.5. The Labute approximate surface area is 182 Å². The molecule has 0 amide bonds. The van der Waals surface area contributed by atoms with Crippen LogP contribution in [0.2, 0.25) is 5.02 Å². The molecule has 4 nitrogen and oxygen atoms in total. The predicted molar refractivity (Wildman–Crippen MR) is 119 cm³/mol. The molecule has 2 heterocycles. The number of pyridine rings is 1. The number of halogens is 1. The Morgan fingerprint density at radius 2 is 1.90 bits per heavy atom. The maximum atomic E-state index is 10.1. The molecule has 3 atom stereocenters. The number of hydrogen-bond donors (Lipinski definition) is 2. The Balaban J connectivity index is 1.53. The average Bonchev–Trinajstić information content (AvgIpc) is 2.76. The van der Waals surface area contributed by atoms with Gasteiger partial charge in [-0.05, 0) is 47.7 Å². The number of benzene rings is 2. The molecule has 1 aliphatic rings. The molecule has 30 heavy (non-hydrogen) atoms. The zero-order valence-corrected chi connectivity index (χ0v) is 17.7. The van der Waals surface area contributed by atoms with Gasteiger partial charge in [-0.25, -0.2) is 0 Å². The molecule has 1 aliphatic heterocycles. The van der Waals surface area contributed by atoms with Crippen LogP contribution in [-0.2, 0) is 11.2 Å². The molecule has 1 saturated heterocycles. The standard InChI is InChI=1S/C25H26ClNO3/c1-16-23(3-2-10-27-16)18-6-4-17(5-7-18)11-20-12-19(8-9-24(20)26)25-14-21(29)13-22(15-28)30-25/h2-10,12,21-22,25,28-29H,11,13-15H2,1H3/t21?,22-,25+/m0/s1. The summed E-state index contributed by atoms with van der Waals surface area (Å²) in [5.41, 5.74) is 6.45. The summed E-state index contributed by atoms with van der Waals surface area (Å²) in [7, 11) is 0. The SMILES string of the molecule is Cc1ncccc1-c1ccc(Cc2cc([C@H]3CC(O)C[C@@H](CO)O3)ccc2Cl)cc1. The molecule has 2 N–H and O–H groups in total. The van der Waals surface area contributed by atoms with Crippen molar-refractivity contribution >= 4 is 11.6 Å². The van der Waals surface area contributed by atoms with Crippen LogP contribution >= 0.6 is 11.6 Å². The fourth-order valence-electron chi connectivity index (χ4n) is 4.06. The molecule has 0 saturated carbocycles. The summed E-state index contributed by atoms with van der Waals surface area (Å²) in [5, 5.41) is 20.3. The van der Waals surface area contributed by atoms with E-state index in [0.29, 0.717) is 24.3 Å². The highest BCUT2D eigenvalue weighted by molar-refractivity contribution is 6.31. The van der Waals surface area contributed by atoms with Crippen molar-refractivity contribution in [1.82, 2.24) is 4.98 Å². The first-order valence-corrected chi connectivity index (χ1v) is 10.6. The van der Waals surface area contributed by atoms with Crippen molar-refractivity contribution < 1.29 is 14.9 Å². The summed E-state index contributed by atoms with van der Waals surface area (Å²) >= 11 is 6.48. The van der Waals surface area contributed by atoms with Gasteiger partial charge in [0.05, 0.1) is 24.9 Å². The molecule has 0 aliphatic carbocycles. The minimum atomic E-state index is -0.469. The topological polar surface area (TPSA) is 62.6 Å². The lowest BCUT2D eigenvalue weighted by Gasteiger charge is -2.32. The van der Waals surface area contributed by atoms with Crippen LogP contribution in [0.3, 0.4) is 0 Å². The fraction of sp³-hybridized carbons (Fsp3) is 0.320. The number of aromatic nitrogens is 1. The highest BCUT2D eigenvalue weighted by atomic mass is 35.5. The molecular weight excluding hydrogens is 398 g/mol. The van der Waals surface area contributed by atoms with E-state index in [2.05, 4.69) is 41.4 Å². The number of rotatable bonds is 5. The third-order valence-corrected chi connectivity index (χ3v) is 6.06. The summed E-state index contributed by atoms with van der Waals surface area (Å²) < 4.78 is 5.95. The second-order valence-corrected chi connectivity index (χ2v) is 8.32. The van der Waals surface area contributed by atoms with Crippen LogP contribution in [0.1, 0.15) is 41.3 Å². The van der Waals surface area contributed by atoms with Gasteiger partial charge >= 0.3 is 0 Å². The predicted octanol–water partition coefficient (Wildman–Crippen LogP) is 4.87. The van der Waals surface area contributed by atoms with Crippen molar-refractivity contribution in [1.29, 1.82) is 0 Å². The van der Waals surface area contributed by atoms with Crippen LogP contribution in [0, 0.1) is 6.92 Å². The average molecular weight is 424 g/mol. The van der Waals surface area contributed by atoms with E-state index in [1.54, 1.807) is 6.20 Å². The smallest absolute Gasteiger partial charge is 0.0854 e. The van der Waals surface area contributed by atoms with Gasteiger partial charge in [0.2, 0.25) is 0 Å². The minimum absolute atomic E-state index is 0.0865. The molecule has 1 aromatic heterocycles. The summed E-state index contributed by atoms with van der Waals surface area (Å²) in [6.07, 6.45) is 2.47. The number of aliphatic hydroxyl groups excluding tert-OH is 2. The van der Waals surface area contributed by atoms with Crippen LogP contribution in [0.25, 0.3) is 11.1 Å². The van der Waals surface area contributed by atoms with E-state index in [9.17, 15) is 10.2 Å². The van der Waals surface area contributed by atoms with E-state index < -0.39 is 6.10 Å². The lowest BCUT2D eigenvalue weighted by atomic mass is 9.93. The van der Waals surface area contributed by atoms with Gasteiger partial charge in [0.15, 0.2) is 0 Å².